The van der Waals surface area contributed by atoms with Gasteiger partial charge in [-0.05, 0) is 25.6 Å². The van der Waals surface area contributed by atoms with Gasteiger partial charge in [0.2, 0.25) is 0 Å². The SMILES string of the molecule is CCNc1cc(Sc2nc(C)cc(=O)[nH]2)ncn1. The number of aromatic amines is 1. The van der Waals surface area contributed by atoms with E-state index in [-0.39, 0.29) is 5.56 Å². The van der Waals surface area contributed by atoms with Crippen molar-refractivity contribution in [1.82, 2.24) is 19.9 Å². The van der Waals surface area contributed by atoms with Crippen molar-refractivity contribution in [2.45, 2.75) is 24.0 Å². The summed E-state index contributed by atoms with van der Waals surface area (Å²) in [6, 6.07) is 3.27. The lowest BCUT2D eigenvalue weighted by Gasteiger charge is -2.04. The summed E-state index contributed by atoms with van der Waals surface area (Å²) in [5.41, 5.74) is 0.521. The van der Waals surface area contributed by atoms with Crippen LogP contribution >= 0.6 is 11.8 Å². The van der Waals surface area contributed by atoms with E-state index in [1.807, 2.05) is 13.0 Å². The Kier molecular flexibility index (Phi) is 3.93. The molecular formula is C11H13N5OS. The minimum absolute atomic E-state index is 0.161. The van der Waals surface area contributed by atoms with Gasteiger partial charge in [-0.2, -0.15) is 0 Å². The molecule has 0 bridgehead atoms. The molecule has 2 N–H and O–H groups in total. The van der Waals surface area contributed by atoms with E-state index in [9.17, 15) is 4.79 Å². The summed E-state index contributed by atoms with van der Waals surface area (Å²) >= 11 is 1.30. The third-order valence-corrected chi connectivity index (χ3v) is 2.87. The van der Waals surface area contributed by atoms with Gasteiger partial charge >= 0.3 is 0 Å². The summed E-state index contributed by atoms with van der Waals surface area (Å²) in [5, 5.41) is 4.36. The molecular weight excluding hydrogens is 250 g/mol. The summed E-state index contributed by atoms with van der Waals surface area (Å²) in [4.78, 5) is 26.4. The summed E-state index contributed by atoms with van der Waals surface area (Å²) in [7, 11) is 0. The lowest BCUT2D eigenvalue weighted by Crippen LogP contribution is -2.08. The maximum absolute atomic E-state index is 11.3. The lowest BCUT2D eigenvalue weighted by atomic mass is 10.5. The van der Waals surface area contributed by atoms with E-state index < -0.39 is 0 Å². The Labute approximate surface area is 108 Å². The van der Waals surface area contributed by atoms with Gasteiger partial charge in [-0.25, -0.2) is 15.0 Å². The van der Waals surface area contributed by atoms with E-state index in [0.29, 0.717) is 10.9 Å². The molecule has 0 aliphatic heterocycles. The van der Waals surface area contributed by atoms with Gasteiger partial charge in [0, 0.05) is 24.4 Å². The molecule has 0 fully saturated rings. The second-order valence-corrected chi connectivity index (χ2v) is 4.57. The molecule has 6 nitrogen and oxygen atoms in total. The van der Waals surface area contributed by atoms with Gasteiger partial charge in [0.15, 0.2) is 5.16 Å². The summed E-state index contributed by atoms with van der Waals surface area (Å²) < 4.78 is 0. The highest BCUT2D eigenvalue weighted by molar-refractivity contribution is 7.99. The number of nitrogens with zero attached hydrogens (tertiary/aromatic N) is 3. The van der Waals surface area contributed by atoms with E-state index in [0.717, 1.165) is 17.4 Å². The molecule has 0 amide bonds. The number of aromatic nitrogens is 4. The third-order valence-electron chi connectivity index (χ3n) is 2.05. The molecule has 0 saturated carbocycles. The first-order chi connectivity index (χ1) is 8.67. The number of H-pyrrole nitrogens is 1. The van der Waals surface area contributed by atoms with Crippen LogP contribution in [0.4, 0.5) is 5.82 Å². The van der Waals surface area contributed by atoms with Gasteiger partial charge in [0.1, 0.15) is 17.2 Å². The normalized spacial score (nSPS) is 10.3. The molecule has 94 valence electrons. The molecule has 0 unspecified atom stereocenters. The van der Waals surface area contributed by atoms with Crippen LogP contribution in [0.25, 0.3) is 0 Å². The van der Waals surface area contributed by atoms with Gasteiger partial charge in [0.05, 0.1) is 0 Å². The molecule has 0 aliphatic rings. The fraction of sp³-hybridized carbons (Fsp3) is 0.273. The number of rotatable bonds is 4. The molecule has 0 spiro atoms. The summed E-state index contributed by atoms with van der Waals surface area (Å²) in [6.45, 7) is 4.57. The molecule has 18 heavy (non-hydrogen) atoms. The zero-order valence-electron chi connectivity index (χ0n) is 10.1. The van der Waals surface area contributed by atoms with Gasteiger partial charge in [-0.15, -0.1) is 0 Å². The second kappa shape index (κ2) is 5.63. The second-order valence-electron chi connectivity index (χ2n) is 3.57. The topological polar surface area (TPSA) is 83.6 Å². The maximum Gasteiger partial charge on any atom is 0.251 e. The van der Waals surface area contributed by atoms with Crippen molar-refractivity contribution in [1.29, 1.82) is 0 Å². The van der Waals surface area contributed by atoms with Gasteiger partial charge in [0.25, 0.3) is 5.56 Å². The van der Waals surface area contributed by atoms with Crippen molar-refractivity contribution < 1.29 is 0 Å². The first-order valence-electron chi connectivity index (χ1n) is 5.49. The Morgan fingerprint density at radius 1 is 1.39 bits per heavy atom. The Morgan fingerprint density at radius 2 is 2.22 bits per heavy atom. The molecule has 0 radical (unpaired) electrons. The number of nitrogens with one attached hydrogen (secondary N) is 2. The Bertz CT molecular complexity index is 598. The van der Waals surface area contributed by atoms with Crippen LogP contribution in [0.3, 0.4) is 0 Å². The molecule has 2 heterocycles. The van der Waals surface area contributed by atoms with E-state index in [2.05, 4.69) is 25.3 Å². The standard InChI is InChI=1S/C11H13N5OS/c1-3-12-8-5-10(14-6-13-8)18-11-15-7(2)4-9(17)16-11/h4-6H,3H2,1-2H3,(H,12,13,14)(H,15,16,17). The molecule has 2 aromatic heterocycles. The quantitative estimate of drug-likeness (QED) is 0.641. The average molecular weight is 263 g/mol. The molecule has 0 saturated heterocycles. The third kappa shape index (κ3) is 3.30. The minimum atomic E-state index is -0.161. The number of hydrogen-bond acceptors (Lipinski definition) is 6. The van der Waals surface area contributed by atoms with Crippen LogP contribution in [0, 0.1) is 6.92 Å². The monoisotopic (exact) mass is 263 g/mol. The molecule has 7 heteroatoms. The number of hydrogen-bond donors (Lipinski definition) is 2. The van der Waals surface area contributed by atoms with Crippen molar-refractivity contribution in [2.24, 2.45) is 0 Å². The molecule has 0 aromatic carbocycles. The van der Waals surface area contributed by atoms with Crippen molar-refractivity contribution in [3.8, 4) is 0 Å². The zero-order valence-corrected chi connectivity index (χ0v) is 10.9. The molecule has 0 aliphatic carbocycles. The number of anilines is 1. The first kappa shape index (κ1) is 12.6. The molecule has 2 rings (SSSR count). The van der Waals surface area contributed by atoms with Crippen molar-refractivity contribution in [3.05, 3.63) is 34.5 Å². The maximum atomic E-state index is 11.3. The Morgan fingerprint density at radius 3 is 2.94 bits per heavy atom. The van der Waals surface area contributed by atoms with Crippen LogP contribution in [0.15, 0.2) is 33.4 Å². The fourth-order valence-electron chi connectivity index (χ4n) is 1.37. The van der Waals surface area contributed by atoms with Crippen LogP contribution in [0.2, 0.25) is 0 Å². The highest BCUT2D eigenvalue weighted by Gasteiger charge is 2.04. The molecule has 0 atom stereocenters. The van der Waals surface area contributed by atoms with E-state index in [4.69, 9.17) is 0 Å². The smallest absolute Gasteiger partial charge is 0.251 e. The number of aryl methyl sites for hydroxylation is 1. The van der Waals surface area contributed by atoms with Crippen molar-refractivity contribution in [3.63, 3.8) is 0 Å². The summed E-state index contributed by atoms with van der Waals surface area (Å²) in [6.07, 6.45) is 1.48. The minimum Gasteiger partial charge on any atom is -0.370 e. The van der Waals surface area contributed by atoms with Crippen LogP contribution in [-0.4, -0.2) is 26.5 Å². The van der Waals surface area contributed by atoms with E-state index in [1.54, 1.807) is 6.92 Å². The van der Waals surface area contributed by atoms with Crippen LogP contribution in [-0.2, 0) is 0 Å². The predicted molar refractivity (Wildman–Crippen MR) is 69.9 cm³/mol. The largest absolute Gasteiger partial charge is 0.370 e. The van der Waals surface area contributed by atoms with Crippen molar-refractivity contribution in [2.75, 3.05) is 11.9 Å². The Hall–Kier alpha value is -1.89. The van der Waals surface area contributed by atoms with Gasteiger partial charge in [-0.3, -0.25) is 4.79 Å². The van der Waals surface area contributed by atoms with Crippen LogP contribution in [0.1, 0.15) is 12.6 Å². The highest BCUT2D eigenvalue weighted by Crippen LogP contribution is 2.22. The van der Waals surface area contributed by atoms with Crippen LogP contribution in [0.5, 0.6) is 0 Å². The molecule has 2 aromatic rings. The summed E-state index contributed by atoms with van der Waals surface area (Å²) in [5.74, 6) is 0.755. The van der Waals surface area contributed by atoms with Crippen LogP contribution < -0.4 is 10.9 Å². The first-order valence-corrected chi connectivity index (χ1v) is 6.31. The fourth-order valence-corrected chi connectivity index (χ4v) is 2.18. The van der Waals surface area contributed by atoms with E-state index >= 15 is 0 Å². The average Bonchev–Trinajstić information content (AvgIpc) is 2.28. The Balaban J connectivity index is 2.22. The van der Waals surface area contributed by atoms with Crippen molar-refractivity contribution >= 4 is 17.6 Å². The van der Waals surface area contributed by atoms with Gasteiger partial charge in [-0.1, -0.05) is 0 Å². The van der Waals surface area contributed by atoms with E-state index in [1.165, 1.54) is 24.2 Å². The lowest BCUT2D eigenvalue weighted by molar-refractivity contribution is 0.900. The zero-order chi connectivity index (χ0) is 13.0. The predicted octanol–water partition coefficient (Wildman–Crippen LogP) is 1.45. The highest BCUT2D eigenvalue weighted by atomic mass is 32.2. The van der Waals surface area contributed by atoms with Gasteiger partial charge < -0.3 is 10.3 Å².